The van der Waals surface area contributed by atoms with Crippen LogP contribution < -0.4 is 9.64 Å². The van der Waals surface area contributed by atoms with Gasteiger partial charge in [0.25, 0.3) is 0 Å². The molecule has 0 bridgehead atoms. The minimum absolute atomic E-state index is 0.633. The Hall–Kier alpha value is -1.55. The van der Waals surface area contributed by atoms with Gasteiger partial charge in [-0.3, -0.25) is 9.69 Å². The molecule has 0 saturated carbocycles. The zero-order chi connectivity index (χ0) is 13.7. The number of hydrogen-bond acceptors (Lipinski definition) is 4. The molecule has 4 heteroatoms. The molecule has 0 radical (unpaired) electrons. The van der Waals surface area contributed by atoms with E-state index in [1.165, 1.54) is 25.9 Å². The van der Waals surface area contributed by atoms with Crippen LogP contribution >= 0.6 is 0 Å². The van der Waals surface area contributed by atoms with Gasteiger partial charge in [0.2, 0.25) is 0 Å². The molecular formula is C15H22N2O2. The smallest absolute Gasteiger partial charge is 0.155 e. The molecular weight excluding hydrogens is 240 g/mol. The van der Waals surface area contributed by atoms with Crippen LogP contribution in [-0.4, -0.2) is 51.5 Å². The lowest BCUT2D eigenvalue weighted by Gasteiger charge is -2.19. The minimum Gasteiger partial charge on any atom is -0.491 e. The highest BCUT2D eigenvalue weighted by atomic mass is 16.5. The van der Waals surface area contributed by atoms with Gasteiger partial charge in [-0.05, 0) is 38.1 Å². The Labute approximate surface area is 115 Å². The van der Waals surface area contributed by atoms with Crippen LogP contribution in [0.15, 0.2) is 18.2 Å². The molecule has 0 atom stereocenters. The summed E-state index contributed by atoms with van der Waals surface area (Å²) < 4.78 is 5.78. The van der Waals surface area contributed by atoms with Gasteiger partial charge in [-0.2, -0.15) is 0 Å². The lowest BCUT2D eigenvalue weighted by molar-refractivity contribution is 0.111. The van der Waals surface area contributed by atoms with Crippen LogP contribution in [0, 0.1) is 0 Å². The van der Waals surface area contributed by atoms with Crippen molar-refractivity contribution in [2.24, 2.45) is 0 Å². The lowest BCUT2D eigenvalue weighted by atomic mass is 10.1. The largest absolute Gasteiger partial charge is 0.491 e. The number of carbonyl (C=O) groups excluding carboxylic acids is 1. The average Bonchev–Trinajstić information content (AvgIpc) is 2.91. The molecule has 1 fully saturated rings. The topological polar surface area (TPSA) is 32.8 Å². The molecule has 0 aromatic heterocycles. The first kappa shape index (κ1) is 13.9. The van der Waals surface area contributed by atoms with Gasteiger partial charge in [-0.25, -0.2) is 0 Å². The molecule has 0 amide bonds. The molecule has 1 aliphatic heterocycles. The number of anilines is 1. The summed E-state index contributed by atoms with van der Waals surface area (Å²) in [4.78, 5) is 15.6. The molecule has 1 saturated heterocycles. The fourth-order valence-corrected chi connectivity index (χ4v) is 2.46. The number of likely N-dealkylation sites (tertiary alicyclic amines) is 1. The van der Waals surface area contributed by atoms with Gasteiger partial charge < -0.3 is 9.64 Å². The van der Waals surface area contributed by atoms with Crippen LogP contribution in [0.2, 0.25) is 0 Å². The molecule has 0 unspecified atom stereocenters. The van der Waals surface area contributed by atoms with Crippen molar-refractivity contribution < 1.29 is 9.53 Å². The summed E-state index contributed by atoms with van der Waals surface area (Å²) in [6.07, 6.45) is 3.45. The van der Waals surface area contributed by atoms with E-state index in [0.29, 0.717) is 17.9 Å². The van der Waals surface area contributed by atoms with Crippen molar-refractivity contribution in [3.05, 3.63) is 23.8 Å². The molecule has 104 valence electrons. The molecule has 1 heterocycles. The van der Waals surface area contributed by atoms with Crippen LogP contribution in [0.25, 0.3) is 0 Å². The Bertz CT molecular complexity index is 426. The van der Waals surface area contributed by atoms with E-state index in [1.54, 1.807) is 0 Å². The van der Waals surface area contributed by atoms with Crippen LogP contribution in [0.1, 0.15) is 23.2 Å². The van der Waals surface area contributed by atoms with Gasteiger partial charge in [0.1, 0.15) is 12.4 Å². The van der Waals surface area contributed by atoms with E-state index >= 15 is 0 Å². The fraction of sp³-hybridized carbons (Fsp3) is 0.533. The van der Waals surface area contributed by atoms with Crippen molar-refractivity contribution in [3.63, 3.8) is 0 Å². The van der Waals surface area contributed by atoms with Gasteiger partial charge >= 0.3 is 0 Å². The van der Waals surface area contributed by atoms with E-state index in [2.05, 4.69) is 4.90 Å². The molecule has 0 aliphatic carbocycles. The summed E-state index contributed by atoms with van der Waals surface area (Å²) in [5.41, 5.74) is 1.53. The molecule has 19 heavy (non-hydrogen) atoms. The van der Waals surface area contributed by atoms with Crippen LogP contribution in [0.3, 0.4) is 0 Å². The van der Waals surface area contributed by atoms with Gasteiger partial charge in [-0.15, -0.1) is 0 Å². The van der Waals surface area contributed by atoms with E-state index < -0.39 is 0 Å². The third-order valence-electron chi connectivity index (χ3n) is 3.51. The third-order valence-corrected chi connectivity index (χ3v) is 3.51. The first-order chi connectivity index (χ1) is 9.22. The Balaban J connectivity index is 1.98. The number of benzene rings is 1. The molecule has 1 aromatic carbocycles. The van der Waals surface area contributed by atoms with Crippen LogP contribution in [-0.2, 0) is 0 Å². The minimum atomic E-state index is 0.633. The average molecular weight is 262 g/mol. The van der Waals surface area contributed by atoms with Gasteiger partial charge in [0, 0.05) is 20.6 Å². The normalized spacial score (nSPS) is 15.5. The predicted molar refractivity (Wildman–Crippen MR) is 77.3 cm³/mol. The quantitative estimate of drug-likeness (QED) is 0.735. The number of nitrogens with zero attached hydrogens (tertiary/aromatic N) is 2. The molecule has 1 aromatic rings. The summed E-state index contributed by atoms with van der Waals surface area (Å²) in [7, 11) is 3.85. The number of carbonyl (C=O) groups is 1. The molecule has 2 rings (SSSR count). The molecule has 1 aliphatic rings. The summed E-state index contributed by atoms with van der Waals surface area (Å²) in [6.45, 7) is 3.91. The summed E-state index contributed by atoms with van der Waals surface area (Å²) in [5, 5.41) is 0. The number of rotatable bonds is 6. The highest BCUT2D eigenvalue weighted by Crippen LogP contribution is 2.26. The number of ether oxygens (including phenoxy) is 1. The molecule has 0 N–H and O–H groups in total. The zero-order valence-electron chi connectivity index (χ0n) is 11.8. The summed E-state index contributed by atoms with van der Waals surface area (Å²) in [6, 6.07) is 5.71. The lowest BCUT2D eigenvalue weighted by Crippen LogP contribution is -2.25. The predicted octanol–water partition coefficient (Wildman–Crippen LogP) is 2.04. The van der Waals surface area contributed by atoms with E-state index in [9.17, 15) is 4.79 Å². The molecule has 0 spiro atoms. The van der Waals surface area contributed by atoms with E-state index in [4.69, 9.17) is 4.74 Å². The third kappa shape index (κ3) is 3.47. The Morgan fingerprint density at radius 2 is 2.05 bits per heavy atom. The van der Waals surface area contributed by atoms with E-state index in [-0.39, 0.29) is 0 Å². The Morgan fingerprint density at radius 3 is 2.68 bits per heavy atom. The molecule has 4 nitrogen and oxygen atoms in total. The van der Waals surface area contributed by atoms with Crippen molar-refractivity contribution in [1.29, 1.82) is 0 Å². The van der Waals surface area contributed by atoms with Crippen LogP contribution in [0.5, 0.6) is 5.75 Å². The maximum atomic E-state index is 11.3. The maximum Gasteiger partial charge on any atom is 0.155 e. The maximum absolute atomic E-state index is 11.3. The second-order valence-electron chi connectivity index (χ2n) is 5.10. The van der Waals surface area contributed by atoms with Crippen molar-refractivity contribution in [1.82, 2.24) is 4.90 Å². The zero-order valence-corrected chi connectivity index (χ0v) is 11.8. The second-order valence-corrected chi connectivity index (χ2v) is 5.10. The summed E-state index contributed by atoms with van der Waals surface area (Å²) in [5.74, 6) is 0.681. The van der Waals surface area contributed by atoms with Crippen molar-refractivity contribution in [2.45, 2.75) is 12.8 Å². The van der Waals surface area contributed by atoms with Gasteiger partial charge in [0.15, 0.2) is 6.29 Å². The van der Waals surface area contributed by atoms with Crippen molar-refractivity contribution in [3.8, 4) is 5.75 Å². The monoisotopic (exact) mass is 262 g/mol. The van der Waals surface area contributed by atoms with Crippen molar-refractivity contribution >= 4 is 12.0 Å². The van der Waals surface area contributed by atoms with Gasteiger partial charge in [-0.1, -0.05) is 6.07 Å². The fourth-order valence-electron chi connectivity index (χ4n) is 2.46. The number of aldehydes is 1. The Kier molecular flexibility index (Phi) is 4.80. The highest BCUT2D eigenvalue weighted by molar-refractivity contribution is 5.88. The van der Waals surface area contributed by atoms with E-state index in [1.807, 2.05) is 37.2 Å². The number of hydrogen-bond donors (Lipinski definition) is 0. The van der Waals surface area contributed by atoms with Crippen LogP contribution in [0.4, 0.5) is 5.69 Å². The Morgan fingerprint density at radius 1 is 1.32 bits per heavy atom. The first-order valence-electron chi connectivity index (χ1n) is 6.83. The summed E-state index contributed by atoms with van der Waals surface area (Å²) >= 11 is 0. The van der Waals surface area contributed by atoms with Crippen molar-refractivity contribution in [2.75, 3.05) is 45.2 Å². The first-order valence-corrected chi connectivity index (χ1v) is 6.83. The standard InChI is InChI=1S/C15H22N2O2/c1-16(2)14-6-5-7-15(13(14)12-18)19-11-10-17-8-3-4-9-17/h5-7,12H,3-4,8-11H2,1-2H3. The second kappa shape index (κ2) is 6.57. The SMILES string of the molecule is CN(C)c1cccc(OCCN2CCCC2)c1C=O. The van der Waals surface area contributed by atoms with E-state index in [0.717, 1.165) is 18.5 Å². The highest BCUT2D eigenvalue weighted by Gasteiger charge is 2.13. The van der Waals surface area contributed by atoms with Gasteiger partial charge in [0.05, 0.1) is 11.3 Å².